The predicted molar refractivity (Wildman–Crippen MR) is 40.8 cm³/mol. The van der Waals surface area contributed by atoms with Gasteiger partial charge < -0.3 is 4.74 Å². The predicted octanol–water partition coefficient (Wildman–Crippen LogP) is 1.72. The van der Waals surface area contributed by atoms with Gasteiger partial charge in [-0.05, 0) is 12.3 Å². The van der Waals surface area contributed by atoms with Crippen LogP contribution in [0.25, 0.3) is 0 Å². The van der Waals surface area contributed by atoms with Crippen LogP contribution < -0.4 is 0 Å². The van der Waals surface area contributed by atoms with E-state index in [1.165, 1.54) is 19.3 Å². The first-order valence-corrected chi connectivity index (χ1v) is 4.34. The van der Waals surface area contributed by atoms with Crippen molar-refractivity contribution in [1.82, 2.24) is 0 Å². The third kappa shape index (κ3) is 1.14. The summed E-state index contributed by atoms with van der Waals surface area (Å²) in [5.74, 6) is 0.832. The van der Waals surface area contributed by atoms with Crippen LogP contribution in [0.4, 0.5) is 0 Å². The van der Waals surface area contributed by atoms with E-state index in [4.69, 9.17) is 10.00 Å². The molecule has 0 atom stereocenters. The molecule has 1 saturated carbocycles. The molecule has 1 saturated heterocycles. The smallest absolute Gasteiger partial charge is 0.104 e. The van der Waals surface area contributed by atoms with Crippen LogP contribution in [0.5, 0.6) is 0 Å². The Bertz CT molecular complexity index is 186. The average molecular weight is 151 g/mol. The van der Waals surface area contributed by atoms with Gasteiger partial charge in [0.2, 0.25) is 0 Å². The highest BCUT2D eigenvalue weighted by Crippen LogP contribution is 2.41. The standard InChI is InChI=1S/C9H13NO/c10-5-9(6-11-7-9)4-8-2-1-3-8/h8H,1-4,6-7H2. The summed E-state index contributed by atoms with van der Waals surface area (Å²) in [4.78, 5) is 0. The minimum absolute atomic E-state index is 0.0783. The van der Waals surface area contributed by atoms with Crippen molar-refractivity contribution in [2.45, 2.75) is 25.7 Å². The van der Waals surface area contributed by atoms with Gasteiger partial charge in [0.1, 0.15) is 5.41 Å². The Morgan fingerprint density at radius 1 is 1.45 bits per heavy atom. The van der Waals surface area contributed by atoms with Crippen LogP contribution in [0.15, 0.2) is 0 Å². The Morgan fingerprint density at radius 3 is 2.45 bits per heavy atom. The van der Waals surface area contributed by atoms with Gasteiger partial charge in [-0.25, -0.2) is 0 Å². The molecule has 1 aliphatic heterocycles. The Morgan fingerprint density at radius 2 is 2.18 bits per heavy atom. The van der Waals surface area contributed by atoms with Crippen LogP contribution >= 0.6 is 0 Å². The van der Waals surface area contributed by atoms with Crippen molar-refractivity contribution in [3.05, 3.63) is 0 Å². The van der Waals surface area contributed by atoms with Gasteiger partial charge in [0.15, 0.2) is 0 Å². The molecule has 0 aromatic rings. The maximum atomic E-state index is 8.88. The monoisotopic (exact) mass is 151 g/mol. The Labute approximate surface area is 67.2 Å². The van der Waals surface area contributed by atoms with Crippen molar-refractivity contribution >= 4 is 0 Å². The molecule has 0 radical (unpaired) electrons. The van der Waals surface area contributed by atoms with Crippen LogP contribution in [0, 0.1) is 22.7 Å². The van der Waals surface area contributed by atoms with Crippen LogP contribution in [0.1, 0.15) is 25.7 Å². The van der Waals surface area contributed by atoms with E-state index in [9.17, 15) is 0 Å². The van der Waals surface area contributed by atoms with Gasteiger partial charge in [-0.1, -0.05) is 19.3 Å². The summed E-state index contributed by atoms with van der Waals surface area (Å²) in [5.41, 5.74) is -0.0783. The number of nitrogens with zero attached hydrogens (tertiary/aromatic N) is 1. The number of nitriles is 1. The van der Waals surface area contributed by atoms with Crippen molar-refractivity contribution in [3.63, 3.8) is 0 Å². The molecule has 0 bridgehead atoms. The molecule has 0 N–H and O–H groups in total. The van der Waals surface area contributed by atoms with Crippen molar-refractivity contribution in [1.29, 1.82) is 5.26 Å². The molecular weight excluding hydrogens is 138 g/mol. The molecule has 0 amide bonds. The molecule has 0 spiro atoms. The third-order valence-electron chi connectivity index (χ3n) is 2.90. The van der Waals surface area contributed by atoms with Gasteiger partial charge in [-0.2, -0.15) is 5.26 Å². The molecule has 2 rings (SSSR count). The highest BCUT2D eigenvalue weighted by molar-refractivity contribution is 5.05. The van der Waals surface area contributed by atoms with Gasteiger partial charge in [0.05, 0.1) is 19.3 Å². The fourth-order valence-electron chi connectivity index (χ4n) is 1.83. The zero-order chi connectivity index (χ0) is 7.73. The van der Waals surface area contributed by atoms with Gasteiger partial charge in [0.25, 0.3) is 0 Å². The van der Waals surface area contributed by atoms with E-state index in [2.05, 4.69) is 6.07 Å². The van der Waals surface area contributed by atoms with E-state index in [1.807, 2.05) is 0 Å². The Hall–Kier alpha value is -0.550. The van der Waals surface area contributed by atoms with E-state index in [1.54, 1.807) is 0 Å². The SMILES string of the molecule is N#CC1(CC2CCC2)COC1. The first kappa shape index (κ1) is 7.12. The van der Waals surface area contributed by atoms with E-state index < -0.39 is 0 Å². The summed E-state index contributed by atoms with van der Waals surface area (Å²) in [6, 6.07) is 2.39. The summed E-state index contributed by atoms with van der Waals surface area (Å²) < 4.78 is 5.08. The average Bonchev–Trinajstić information content (AvgIpc) is 1.83. The number of ether oxygens (including phenoxy) is 1. The lowest BCUT2D eigenvalue weighted by molar-refractivity contribution is -0.0931. The molecule has 0 aromatic carbocycles. The maximum absolute atomic E-state index is 8.88. The van der Waals surface area contributed by atoms with Gasteiger partial charge >= 0.3 is 0 Å². The topological polar surface area (TPSA) is 33.0 Å². The highest BCUT2D eigenvalue weighted by Gasteiger charge is 2.41. The van der Waals surface area contributed by atoms with Crippen molar-refractivity contribution < 1.29 is 4.74 Å². The summed E-state index contributed by atoms with van der Waals surface area (Å²) in [7, 11) is 0. The van der Waals surface area contributed by atoms with Crippen molar-refractivity contribution in [2.24, 2.45) is 11.3 Å². The van der Waals surface area contributed by atoms with Crippen LogP contribution in [0.3, 0.4) is 0 Å². The number of hydrogen-bond donors (Lipinski definition) is 0. The summed E-state index contributed by atoms with van der Waals surface area (Å²) in [5, 5.41) is 8.88. The molecule has 1 heterocycles. The molecule has 2 aliphatic rings. The first-order valence-electron chi connectivity index (χ1n) is 4.34. The fourth-order valence-corrected chi connectivity index (χ4v) is 1.83. The van der Waals surface area contributed by atoms with Crippen LogP contribution in [-0.2, 0) is 4.74 Å². The van der Waals surface area contributed by atoms with Gasteiger partial charge in [-0.15, -0.1) is 0 Å². The van der Waals surface area contributed by atoms with E-state index >= 15 is 0 Å². The minimum Gasteiger partial charge on any atom is -0.378 e. The lowest BCUT2D eigenvalue weighted by Gasteiger charge is -2.40. The van der Waals surface area contributed by atoms with E-state index in [0.29, 0.717) is 13.2 Å². The number of rotatable bonds is 2. The molecule has 0 unspecified atom stereocenters. The second kappa shape index (κ2) is 2.49. The maximum Gasteiger partial charge on any atom is 0.104 e. The van der Waals surface area contributed by atoms with Crippen LogP contribution in [-0.4, -0.2) is 13.2 Å². The summed E-state index contributed by atoms with van der Waals surface area (Å²) in [6.45, 7) is 1.36. The quantitative estimate of drug-likeness (QED) is 0.602. The minimum atomic E-state index is -0.0783. The zero-order valence-electron chi connectivity index (χ0n) is 6.68. The lowest BCUT2D eigenvalue weighted by atomic mass is 9.71. The molecule has 0 aromatic heterocycles. The molecule has 2 heteroatoms. The second-order valence-electron chi connectivity index (χ2n) is 3.89. The Balaban J connectivity index is 1.87. The second-order valence-corrected chi connectivity index (χ2v) is 3.89. The number of hydrogen-bond acceptors (Lipinski definition) is 2. The molecule has 60 valence electrons. The first-order chi connectivity index (χ1) is 5.35. The fraction of sp³-hybridized carbons (Fsp3) is 0.889. The zero-order valence-corrected chi connectivity index (χ0v) is 6.68. The van der Waals surface area contributed by atoms with Crippen molar-refractivity contribution in [3.8, 4) is 6.07 Å². The van der Waals surface area contributed by atoms with Gasteiger partial charge in [0, 0.05) is 0 Å². The Kier molecular flexibility index (Phi) is 1.61. The van der Waals surface area contributed by atoms with Gasteiger partial charge in [-0.3, -0.25) is 0 Å². The van der Waals surface area contributed by atoms with E-state index in [-0.39, 0.29) is 5.41 Å². The van der Waals surface area contributed by atoms with E-state index in [0.717, 1.165) is 12.3 Å². The lowest BCUT2D eigenvalue weighted by Crippen LogP contribution is -2.43. The largest absolute Gasteiger partial charge is 0.378 e. The summed E-state index contributed by atoms with van der Waals surface area (Å²) in [6.07, 6.45) is 5.13. The third-order valence-corrected chi connectivity index (χ3v) is 2.90. The normalized spacial score (nSPS) is 28.3. The summed E-state index contributed by atoms with van der Waals surface area (Å²) >= 11 is 0. The molecule has 2 fully saturated rings. The molecule has 1 aliphatic carbocycles. The highest BCUT2D eigenvalue weighted by atomic mass is 16.5. The molecule has 11 heavy (non-hydrogen) atoms. The van der Waals surface area contributed by atoms with Crippen LogP contribution in [0.2, 0.25) is 0 Å². The van der Waals surface area contributed by atoms with Crippen molar-refractivity contribution in [2.75, 3.05) is 13.2 Å². The molecule has 2 nitrogen and oxygen atoms in total. The molecular formula is C9H13NO.